The lowest BCUT2D eigenvalue weighted by atomic mass is 10.1. The summed E-state index contributed by atoms with van der Waals surface area (Å²) in [5.74, 6) is 0.969. The van der Waals surface area contributed by atoms with E-state index in [4.69, 9.17) is 5.11 Å². The highest BCUT2D eigenvalue weighted by Gasteiger charge is 2.36. The fourth-order valence-electron chi connectivity index (χ4n) is 2.43. The van der Waals surface area contributed by atoms with Crippen LogP contribution in [-0.4, -0.2) is 35.7 Å². The molecule has 2 nitrogen and oxygen atoms in total. The third kappa shape index (κ3) is 0.956. The molecule has 1 N–H and O–H groups in total. The lowest BCUT2D eigenvalue weighted by molar-refractivity contribution is 0.163. The number of hydrogen-bond acceptors (Lipinski definition) is 2. The zero-order valence-corrected chi connectivity index (χ0v) is 6.29. The van der Waals surface area contributed by atoms with Crippen LogP contribution in [0, 0.1) is 5.92 Å². The van der Waals surface area contributed by atoms with Gasteiger partial charge in [-0.25, -0.2) is 0 Å². The van der Waals surface area contributed by atoms with E-state index < -0.39 is 0 Å². The quantitative estimate of drug-likeness (QED) is 0.604. The highest BCUT2D eigenvalue weighted by atomic mass is 16.3. The predicted molar refractivity (Wildman–Crippen MR) is 39.8 cm³/mol. The van der Waals surface area contributed by atoms with Gasteiger partial charge in [-0.2, -0.15) is 0 Å². The lowest BCUT2D eigenvalue weighted by Gasteiger charge is -2.25. The Bertz CT molecular complexity index is 126. The van der Waals surface area contributed by atoms with E-state index in [0.717, 1.165) is 18.5 Å². The second kappa shape index (κ2) is 2.51. The number of hydrogen-bond donors (Lipinski definition) is 1. The fourth-order valence-corrected chi connectivity index (χ4v) is 2.43. The largest absolute Gasteiger partial charge is 0.395 e. The van der Waals surface area contributed by atoms with Gasteiger partial charge < -0.3 is 5.11 Å². The summed E-state index contributed by atoms with van der Waals surface area (Å²) < 4.78 is 0. The average molecular weight is 141 g/mol. The molecule has 1 saturated carbocycles. The molecule has 2 rings (SSSR count). The SMILES string of the molecule is OCCN1C[C@@H]2CC[C@H]1C2. The van der Waals surface area contributed by atoms with E-state index in [2.05, 4.69) is 4.90 Å². The first-order chi connectivity index (χ1) is 4.90. The van der Waals surface area contributed by atoms with Crippen molar-refractivity contribution >= 4 is 0 Å². The molecule has 1 aliphatic heterocycles. The van der Waals surface area contributed by atoms with E-state index in [1.54, 1.807) is 0 Å². The zero-order chi connectivity index (χ0) is 6.97. The van der Waals surface area contributed by atoms with Crippen LogP contribution in [-0.2, 0) is 0 Å². The summed E-state index contributed by atoms with van der Waals surface area (Å²) in [5, 5.41) is 8.71. The van der Waals surface area contributed by atoms with Crippen LogP contribution in [0.1, 0.15) is 19.3 Å². The summed E-state index contributed by atoms with van der Waals surface area (Å²) in [5.41, 5.74) is 0. The van der Waals surface area contributed by atoms with Gasteiger partial charge >= 0.3 is 0 Å². The third-order valence-electron chi connectivity index (χ3n) is 2.91. The summed E-state index contributed by atoms with van der Waals surface area (Å²) in [6.45, 7) is 2.50. The maximum atomic E-state index is 8.71. The normalized spacial score (nSPS) is 39.3. The molecule has 10 heavy (non-hydrogen) atoms. The van der Waals surface area contributed by atoms with Crippen LogP contribution in [0.4, 0.5) is 0 Å². The monoisotopic (exact) mass is 141 g/mol. The molecule has 0 radical (unpaired) electrons. The highest BCUT2D eigenvalue weighted by molar-refractivity contribution is 4.91. The van der Waals surface area contributed by atoms with E-state index in [1.165, 1.54) is 25.8 Å². The molecule has 0 amide bonds. The zero-order valence-electron chi connectivity index (χ0n) is 6.29. The molecule has 2 atom stereocenters. The van der Waals surface area contributed by atoms with Crippen LogP contribution in [0.15, 0.2) is 0 Å². The number of rotatable bonds is 2. The standard InChI is InChI=1S/C8H15NO/c10-4-3-9-6-7-1-2-8(9)5-7/h7-8,10H,1-6H2/t7-,8+/m1/s1. The third-order valence-corrected chi connectivity index (χ3v) is 2.91. The van der Waals surface area contributed by atoms with E-state index >= 15 is 0 Å². The van der Waals surface area contributed by atoms with Gasteiger partial charge in [0.15, 0.2) is 0 Å². The number of likely N-dealkylation sites (tertiary alicyclic amines) is 1. The average Bonchev–Trinajstić information content (AvgIpc) is 2.48. The summed E-state index contributed by atoms with van der Waals surface area (Å²) in [4.78, 5) is 2.44. The van der Waals surface area contributed by atoms with Crippen molar-refractivity contribution in [2.75, 3.05) is 19.7 Å². The van der Waals surface area contributed by atoms with Crippen LogP contribution >= 0.6 is 0 Å². The van der Waals surface area contributed by atoms with Crippen molar-refractivity contribution in [1.29, 1.82) is 0 Å². The Balaban J connectivity index is 1.90. The Morgan fingerprint density at radius 1 is 1.40 bits per heavy atom. The van der Waals surface area contributed by atoms with Gasteiger partial charge in [0, 0.05) is 19.1 Å². The molecule has 1 aliphatic carbocycles. The molecule has 0 aromatic carbocycles. The van der Waals surface area contributed by atoms with Crippen molar-refractivity contribution in [2.45, 2.75) is 25.3 Å². The van der Waals surface area contributed by atoms with Gasteiger partial charge in [0.1, 0.15) is 0 Å². The summed E-state index contributed by atoms with van der Waals surface area (Å²) in [7, 11) is 0. The Morgan fingerprint density at radius 3 is 2.80 bits per heavy atom. The predicted octanol–water partition coefficient (Wildman–Crippen LogP) is 0.463. The van der Waals surface area contributed by atoms with Crippen LogP contribution in [0.3, 0.4) is 0 Å². The van der Waals surface area contributed by atoms with E-state index in [0.29, 0.717) is 6.61 Å². The maximum absolute atomic E-state index is 8.71. The minimum Gasteiger partial charge on any atom is -0.395 e. The minimum atomic E-state index is 0.337. The van der Waals surface area contributed by atoms with E-state index in [-0.39, 0.29) is 0 Å². The maximum Gasteiger partial charge on any atom is 0.0558 e. The Kier molecular flexibility index (Phi) is 1.66. The molecular formula is C8H15NO. The minimum absolute atomic E-state index is 0.337. The van der Waals surface area contributed by atoms with Gasteiger partial charge in [0.05, 0.1) is 6.61 Å². The van der Waals surface area contributed by atoms with Gasteiger partial charge in [-0.3, -0.25) is 4.90 Å². The molecule has 2 fully saturated rings. The molecule has 58 valence electrons. The topological polar surface area (TPSA) is 23.5 Å². The second-order valence-corrected chi connectivity index (χ2v) is 3.55. The number of aliphatic hydroxyl groups is 1. The van der Waals surface area contributed by atoms with Gasteiger partial charge in [-0.1, -0.05) is 0 Å². The number of aliphatic hydroxyl groups excluding tert-OH is 1. The van der Waals surface area contributed by atoms with Gasteiger partial charge in [0.25, 0.3) is 0 Å². The number of piperidine rings is 1. The first-order valence-electron chi connectivity index (χ1n) is 4.25. The van der Waals surface area contributed by atoms with E-state index in [9.17, 15) is 0 Å². The lowest BCUT2D eigenvalue weighted by Crippen LogP contribution is -2.34. The fraction of sp³-hybridized carbons (Fsp3) is 1.00. The molecule has 2 bridgehead atoms. The van der Waals surface area contributed by atoms with E-state index in [1.807, 2.05) is 0 Å². The summed E-state index contributed by atoms with van der Waals surface area (Å²) in [6, 6.07) is 0.831. The molecule has 2 heteroatoms. The Hall–Kier alpha value is -0.0800. The first-order valence-corrected chi connectivity index (χ1v) is 4.25. The number of β-amino-alcohol motifs (C(OH)–C–C–N with tert-alkyl or cyclic N) is 1. The molecule has 2 aliphatic rings. The molecule has 0 aromatic heterocycles. The summed E-state index contributed by atoms with van der Waals surface area (Å²) >= 11 is 0. The Labute approximate surface area is 61.8 Å². The van der Waals surface area contributed by atoms with Gasteiger partial charge in [0.2, 0.25) is 0 Å². The van der Waals surface area contributed by atoms with Crippen molar-refractivity contribution < 1.29 is 5.11 Å². The number of fused-ring (bicyclic) bond motifs is 2. The van der Waals surface area contributed by atoms with Crippen molar-refractivity contribution in [3.05, 3.63) is 0 Å². The molecule has 1 saturated heterocycles. The van der Waals surface area contributed by atoms with Crippen molar-refractivity contribution in [1.82, 2.24) is 4.90 Å². The summed E-state index contributed by atoms with van der Waals surface area (Å²) in [6.07, 6.45) is 4.22. The molecule has 0 spiro atoms. The van der Waals surface area contributed by atoms with Gasteiger partial charge in [-0.15, -0.1) is 0 Å². The molecule has 0 aromatic rings. The highest BCUT2D eigenvalue weighted by Crippen LogP contribution is 2.36. The van der Waals surface area contributed by atoms with Crippen molar-refractivity contribution in [3.63, 3.8) is 0 Å². The second-order valence-electron chi connectivity index (χ2n) is 3.55. The first kappa shape index (κ1) is 6.62. The molecular weight excluding hydrogens is 126 g/mol. The molecule has 0 unspecified atom stereocenters. The van der Waals surface area contributed by atoms with Crippen molar-refractivity contribution in [2.24, 2.45) is 5.92 Å². The number of nitrogens with zero attached hydrogens (tertiary/aromatic N) is 1. The van der Waals surface area contributed by atoms with Crippen LogP contribution in [0.2, 0.25) is 0 Å². The molecule has 1 heterocycles. The van der Waals surface area contributed by atoms with Crippen molar-refractivity contribution in [3.8, 4) is 0 Å². The smallest absolute Gasteiger partial charge is 0.0558 e. The van der Waals surface area contributed by atoms with Crippen LogP contribution < -0.4 is 0 Å². The van der Waals surface area contributed by atoms with Gasteiger partial charge in [-0.05, 0) is 25.2 Å². The van der Waals surface area contributed by atoms with Crippen LogP contribution in [0.5, 0.6) is 0 Å². The van der Waals surface area contributed by atoms with Crippen LogP contribution in [0.25, 0.3) is 0 Å². The Morgan fingerprint density at radius 2 is 2.30 bits per heavy atom.